The number of anilines is 1. The number of nitrogens with zero attached hydrogens (tertiary/aromatic N) is 2. The van der Waals surface area contributed by atoms with Gasteiger partial charge in [-0.2, -0.15) is 0 Å². The van der Waals surface area contributed by atoms with Crippen molar-refractivity contribution in [2.45, 2.75) is 38.1 Å². The SMILES string of the molecule is Cc1cccn2cc(-c3ccc(NC(=O)C4(N)CCCC4)cc3)nc12.Cl.Cl. The van der Waals surface area contributed by atoms with Crippen LogP contribution in [0.15, 0.2) is 48.8 Å². The van der Waals surface area contributed by atoms with E-state index in [4.69, 9.17) is 10.7 Å². The van der Waals surface area contributed by atoms with Gasteiger partial charge in [-0.05, 0) is 43.5 Å². The predicted molar refractivity (Wildman–Crippen MR) is 114 cm³/mol. The third-order valence-electron chi connectivity index (χ3n) is 5.06. The van der Waals surface area contributed by atoms with Crippen LogP contribution >= 0.6 is 24.8 Å². The molecule has 7 heteroatoms. The Hall–Kier alpha value is -2.08. The largest absolute Gasteiger partial charge is 0.324 e. The molecule has 0 atom stereocenters. The second-order valence-electron chi connectivity index (χ2n) is 6.94. The summed E-state index contributed by atoms with van der Waals surface area (Å²) in [6.45, 7) is 2.05. The van der Waals surface area contributed by atoms with E-state index in [0.29, 0.717) is 0 Å². The Morgan fingerprint density at radius 3 is 2.44 bits per heavy atom. The van der Waals surface area contributed by atoms with Crippen molar-refractivity contribution in [1.82, 2.24) is 9.38 Å². The number of carbonyl (C=O) groups is 1. The molecule has 0 bridgehead atoms. The van der Waals surface area contributed by atoms with Gasteiger partial charge in [0, 0.05) is 23.6 Å². The molecule has 2 aromatic heterocycles. The lowest BCUT2D eigenvalue weighted by Crippen LogP contribution is -2.48. The molecular weight excluding hydrogens is 383 g/mol. The quantitative estimate of drug-likeness (QED) is 0.678. The molecule has 0 saturated heterocycles. The number of nitrogens with two attached hydrogens (primary N) is 1. The second-order valence-corrected chi connectivity index (χ2v) is 6.94. The maximum atomic E-state index is 12.4. The van der Waals surface area contributed by atoms with Crippen LogP contribution < -0.4 is 11.1 Å². The molecule has 1 saturated carbocycles. The number of amides is 1. The first-order valence-electron chi connectivity index (χ1n) is 8.70. The first kappa shape index (κ1) is 21.2. The van der Waals surface area contributed by atoms with E-state index in [-0.39, 0.29) is 30.7 Å². The van der Waals surface area contributed by atoms with Crippen LogP contribution in [-0.2, 0) is 4.79 Å². The number of hydrogen-bond acceptors (Lipinski definition) is 3. The standard InChI is InChI=1S/C20H22N4O.2ClH/c1-14-5-4-12-24-13-17(23-18(14)24)15-6-8-16(9-7-15)22-19(25)20(21)10-2-3-11-20;;/h4-9,12-13H,2-3,10-11,21H2,1H3,(H,22,25);2*1H. The average molecular weight is 407 g/mol. The smallest absolute Gasteiger partial charge is 0.244 e. The molecule has 0 aliphatic heterocycles. The highest BCUT2D eigenvalue weighted by molar-refractivity contribution is 5.98. The summed E-state index contributed by atoms with van der Waals surface area (Å²) in [6, 6.07) is 11.8. The molecule has 2 heterocycles. The van der Waals surface area contributed by atoms with Gasteiger partial charge >= 0.3 is 0 Å². The molecule has 0 spiro atoms. The Balaban J connectivity index is 0.00000131. The van der Waals surface area contributed by atoms with E-state index >= 15 is 0 Å². The van der Waals surface area contributed by atoms with Gasteiger partial charge in [0.25, 0.3) is 0 Å². The van der Waals surface area contributed by atoms with Gasteiger partial charge in [-0.3, -0.25) is 4.79 Å². The number of halogens is 2. The lowest BCUT2D eigenvalue weighted by molar-refractivity contribution is -0.121. The summed E-state index contributed by atoms with van der Waals surface area (Å²) in [7, 11) is 0. The molecule has 27 heavy (non-hydrogen) atoms. The van der Waals surface area contributed by atoms with Crippen LogP contribution in [0.5, 0.6) is 0 Å². The maximum Gasteiger partial charge on any atom is 0.244 e. The van der Waals surface area contributed by atoms with E-state index in [2.05, 4.69) is 18.3 Å². The summed E-state index contributed by atoms with van der Waals surface area (Å²) in [5.41, 5.74) is 10.3. The minimum atomic E-state index is -0.711. The van der Waals surface area contributed by atoms with E-state index in [1.54, 1.807) is 0 Å². The molecule has 5 nitrogen and oxygen atoms in total. The molecule has 3 aromatic rings. The van der Waals surface area contributed by atoms with Crippen molar-refractivity contribution in [2.24, 2.45) is 5.73 Å². The Morgan fingerprint density at radius 2 is 1.81 bits per heavy atom. The molecule has 3 N–H and O–H groups in total. The number of carbonyl (C=O) groups excluding carboxylic acids is 1. The molecule has 0 radical (unpaired) electrons. The van der Waals surface area contributed by atoms with E-state index in [1.165, 1.54) is 0 Å². The Bertz CT molecular complexity index is 931. The van der Waals surface area contributed by atoms with Crippen molar-refractivity contribution >= 4 is 42.1 Å². The van der Waals surface area contributed by atoms with Crippen LogP contribution in [-0.4, -0.2) is 20.8 Å². The number of benzene rings is 1. The van der Waals surface area contributed by atoms with Gasteiger partial charge in [0.15, 0.2) is 0 Å². The number of imidazole rings is 1. The fourth-order valence-corrected chi connectivity index (χ4v) is 3.51. The van der Waals surface area contributed by atoms with Crippen molar-refractivity contribution in [3.05, 3.63) is 54.4 Å². The molecule has 144 valence electrons. The van der Waals surface area contributed by atoms with Crippen molar-refractivity contribution < 1.29 is 4.79 Å². The number of rotatable bonds is 3. The minimum absolute atomic E-state index is 0. The van der Waals surface area contributed by atoms with Crippen LogP contribution in [0.25, 0.3) is 16.9 Å². The highest BCUT2D eigenvalue weighted by atomic mass is 35.5. The lowest BCUT2D eigenvalue weighted by Gasteiger charge is -2.22. The first-order valence-corrected chi connectivity index (χ1v) is 8.70. The molecule has 1 aliphatic rings. The number of hydrogen-bond donors (Lipinski definition) is 2. The third kappa shape index (κ3) is 4.10. The molecule has 1 aromatic carbocycles. The molecular formula is C20H24Cl2N4O. The summed E-state index contributed by atoms with van der Waals surface area (Å²) >= 11 is 0. The predicted octanol–water partition coefficient (Wildman–Crippen LogP) is 4.36. The minimum Gasteiger partial charge on any atom is -0.324 e. The van der Waals surface area contributed by atoms with Crippen molar-refractivity contribution in [1.29, 1.82) is 0 Å². The molecule has 1 fully saturated rings. The van der Waals surface area contributed by atoms with Gasteiger partial charge in [0.2, 0.25) is 5.91 Å². The number of pyridine rings is 1. The van der Waals surface area contributed by atoms with Crippen LogP contribution in [0.2, 0.25) is 0 Å². The number of aryl methyl sites for hydroxylation is 1. The van der Waals surface area contributed by atoms with Crippen molar-refractivity contribution in [3.63, 3.8) is 0 Å². The van der Waals surface area contributed by atoms with E-state index in [9.17, 15) is 4.79 Å². The number of fused-ring (bicyclic) bond motifs is 1. The van der Waals surface area contributed by atoms with Crippen molar-refractivity contribution in [2.75, 3.05) is 5.32 Å². The van der Waals surface area contributed by atoms with Crippen LogP contribution in [0, 0.1) is 6.92 Å². The fraction of sp³-hybridized carbons (Fsp3) is 0.300. The normalized spacial score (nSPS) is 15.0. The zero-order valence-electron chi connectivity index (χ0n) is 15.1. The maximum absolute atomic E-state index is 12.4. The second kappa shape index (κ2) is 8.30. The Labute approximate surface area is 171 Å². The van der Waals surface area contributed by atoms with Gasteiger partial charge < -0.3 is 15.5 Å². The van der Waals surface area contributed by atoms with E-state index in [0.717, 1.165) is 53.8 Å². The zero-order chi connectivity index (χ0) is 17.4. The number of nitrogens with one attached hydrogen (secondary N) is 1. The first-order chi connectivity index (χ1) is 12.0. The summed E-state index contributed by atoms with van der Waals surface area (Å²) in [4.78, 5) is 17.1. The highest BCUT2D eigenvalue weighted by Crippen LogP contribution is 2.29. The highest BCUT2D eigenvalue weighted by Gasteiger charge is 2.36. The summed E-state index contributed by atoms with van der Waals surface area (Å²) in [6.07, 6.45) is 7.58. The monoisotopic (exact) mass is 406 g/mol. The van der Waals surface area contributed by atoms with Gasteiger partial charge in [0.05, 0.1) is 11.2 Å². The molecule has 1 aliphatic carbocycles. The lowest BCUT2D eigenvalue weighted by atomic mass is 9.98. The topological polar surface area (TPSA) is 72.4 Å². The van der Waals surface area contributed by atoms with Crippen LogP contribution in [0.3, 0.4) is 0 Å². The fourth-order valence-electron chi connectivity index (χ4n) is 3.51. The van der Waals surface area contributed by atoms with E-state index in [1.807, 2.05) is 47.1 Å². The third-order valence-corrected chi connectivity index (χ3v) is 5.06. The summed E-state index contributed by atoms with van der Waals surface area (Å²) in [5, 5.41) is 2.95. The Morgan fingerprint density at radius 1 is 1.15 bits per heavy atom. The van der Waals surface area contributed by atoms with Crippen LogP contribution in [0.1, 0.15) is 31.2 Å². The van der Waals surface area contributed by atoms with Crippen molar-refractivity contribution in [3.8, 4) is 11.3 Å². The number of aromatic nitrogens is 2. The average Bonchev–Trinajstić information content (AvgIpc) is 3.24. The van der Waals surface area contributed by atoms with Gasteiger partial charge in [0.1, 0.15) is 5.65 Å². The Kier molecular flexibility index (Phi) is 6.52. The molecule has 0 unspecified atom stereocenters. The van der Waals surface area contributed by atoms with Gasteiger partial charge in [-0.15, -0.1) is 24.8 Å². The zero-order valence-corrected chi connectivity index (χ0v) is 16.8. The van der Waals surface area contributed by atoms with Crippen LogP contribution in [0.4, 0.5) is 5.69 Å². The summed E-state index contributed by atoms with van der Waals surface area (Å²) < 4.78 is 2.03. The van der Waals surface area contributed by atoms with Gasteiger partial charge in [-0.25, -0.2) is 4.98 Å². The van der Waals surface area contributed by atoms with Gasteiger partial charge in [-0.1, -0.05) is 31.0 Å². The molecule has 4 rings (SSSR count). The summed E-state index contributed by atoms with van der Waals surface area (Å²) in [5.74, 6) is -0.0823. The van der Waals surface area contributed by atoms with E-state index < -0.39 is 5.54 Å². The molecule has 1 amide bonds.